The van der Waals surface area contributed by atoms with E-state index in [0.29, 0.717) is 34.9 Å². The topological polar surface area (TPSA) is 82.6 Å². The molecule has 1 N–H and O–H groups in total. The number of hydrogen-bond acceptors (Lipinski definition) is 6. The third kappa shape index (κ3) is 4.84. The number of aromatic nitrogens is 2. The van der Waals surface area contributed by atoms with Gasteiger partial charge in [0.1, 0.15) is 17.3 Å². The van der Waals surface area contributed by atoms with Crippen LogP contribution in [0.5, 0.6) is 11.5 Å². The predicted molar refractivity (Wildman–Crippen MR) is 121 cm³/mol. The van der Waals surface area contributed by atoms with Gasteiger partial charge in [-0.2, -0.15) is 0 Å². The number of methoxy groups -OCH3 is 2. The first-order valence-corrected chi connectivity index (χ1v) is 10.7. The minimum atomic E-state index is -0.722. The molecule has 1 fully saturated rings. The zero-order valence-electron chi connectivity index (χ0n) is 19.1. The first kappa shape index (κ1) is 23.6. The van der Waals surface area contributed by atoms with E-state index in [0.717, 1.165) is 0 Å². The molecule has 1 amide bonds. The van der Waals surface area contributed by atoms with Crippen LogP contribution >= 0.6 is 0 Å². The van der Waals surface area contributed by atoms with Crippen molar-refractivity contribution in [2.45, 2.75) is 25.4 Å². The lowest BCUT2D eigenvalue weighted by Crippen LogP contribution is -2.27. The van der Waals surface area contributed by atoms with Crippen molar-refractivity contribution in [3.63, 3.8) is 0 Å². The molecule has 0 aliphatic heterocycles. The maximum absolute atomic E-state index is 14.1. The number of carbonyl (C=O) groups excluding carboxylic acids is 1. The Morgan fingerprint density at radius 3 is 2.62 bits per heavy atom. The number of halogens is 2. The fourth-order valence-corrected chi connectivity index (χ4v) is 4.02. The maximum Gasteiger partial charge on any atom is 0.228 e. The first-order chi connectivity index (χ1) is 16.4. The summed E-state index contributed by atoms with van der Waals surface area (Å²) in [7, 11) is 2.95. The quantitative estimate of drug-likeness (QED) is 0.506. The molecule has 2 atom stereocenters. The summed E-state index contributed by atoms with van der Waals surface area (Å²) in [6.07, 6.45) is 2.05. The van der Waals surface area contributed by atoms with Crippen LogP contribution < -0.4 is 14.8 Å². The third-order valence-electron chi connectivity index (χ3n) is 5.95. The molecule has 1 saturated carbocycles. The van der Waals surface area contributed by atoms with Gasteiger partial charge in [-0.3, -0.25) is 4.79 Å². The van der Waals surface area contributed by atoms with E-state index in [1.165, 1.54) is 37.4 Å². The molecule has 0 saturated heterocycles. The molecule has 0 unspecified atom stereocenters. The third-order valence-corrected chi connectivity index (χ3v) is 5.95. The second-order valence-corrected chi connectivity index (χ2v) is 8.21. The van der Waals surface area contributed by atoms with Gasteiger partial charge in [-0.05, 0) is 55.3 Å². The number of nitrogens with one attached hydrogen (secondary N) is 1. The van der Waals surface area contributed by atoms with Crippen LogP contribution in [-0.4, -0.2) is 36.7 Å². The largest absolute Gasteiger partial charge is 0.494 e. The van der Waals surface area contributed by atoms with Gasteiger partial charge in [-0.15, -0.1) is 0 Å². The van der Waals surface area contributed by atoms with Crippen molar-refractivity contribution in [2.24, 2.45) is 5.92 Å². The fourth-order valence-electron chi connectivity index (χ4n) is 4.02. The molecule has 0 spiro atoms. The summed E-state index contributed by atoms with van der Waals surface area (Å²) in [5.74, 6) is -0.464. The summed E-state index contributed by atoms with van der Waals surface area (Å²) in [6.45, 7) is 2.14. The zero-order chi connectivity index (χ0) is 24.3. The summed E-state index contributed by atoms with van der Waals surface area (Å²) in [5, 5.41) is 2.82. The summed E-state index contributed by atoms with van der Waals surface area (Å²) >= 11 is 0. The van der Waals surface area contributed by atoms with E-state index < -0.39 is 23.0 Å². The molecule has 0 radical (unpaired) electrons. The number of aryl methyl sites for hydroxylation is 1. The van der Waals surface area contributed by atoms with Crippen LogP contribution in [0.4, 0.5) is 14.5 Å². The van der Waals surface area contributed by atoms with Gasteiger partial charge in [-0.1, -0.05) is 6.07 Å². The molecule has 1 heterocycles. The van der Waals surface area contributed by atoms with Crippen molar-refractivity contribution in [3.05, 3.63) is 77.4 Å². The van der Waals surface area contributed by atoms with Crippen LogP contribution in [0.25, 0.3) is 0 Å². The normalized spacial score (nSPS) is 18.9. The number of amides is 1. The van der Waals surface area contributed by atoms with Crippen molar-refractivity contribution in [2.75, 3.05) is 26.1 Å². The number of rotatable bonds is 9. The number of ether oxygens (including phenoxy) is 3. The Hall–Kier alpha value is -3.59. The minimum Gasteiger partial charge on any atom is -0.494 e. The Kier molecular flexibility index (Phi) is 6.74. The standard InChI is InChI=1S/C25H25F2N3O4/c1-15-28-12-23(21(29-15)13-32-2)34-14-25(16-4-9-20(27)22(10-16)33-3)11-19(25)24(31)30-18-7-5-17(26)6-8-18/h4-10,12,19H,11,13-14H2,1-3H3,(H,30,31)/t19-,25+/m0/s1. The Morgan fingerprint density at radius 2 is 1.91 bits per heavy atom. The van der Waals surface area contributed by atoms with E-state index in [9.17, 15) is 13.6 Å². The SMILES string of the molecule is COCc1nc(C)ncc1OC[C@@]1(c2ccc(F)c(OC)c2)C[C@H]1C(=O)Nc1ccc(F)cc1. The van der Waals surface area contributed by atoms with Crippen molar-refractivity contribution in [3.8, 4) is 11.5 Å². The Morgan fingerprint density at radius 1 is 1.15 bits per heavy atom. The summed E-state index contributed by atoms with van der Waals surface area (Å²) in [4.78, 5) is 21.7. The van der Waals surface area contributed by atoms with E-state index >= 15 is 0 Å². The summed E-state index contributed by atoms with van der Waals surface area (Å²) in [6, 6.07) is 10.1. The molecule has 0 bridgehead atoms. The van der Waals surface area contributed by atoms with E-state index in [2.05, 4.69) is 15.3 Å². The predicted octanol–water partition coefficient (Wildman–Crippen LogP) is 4.19. The minimum absolute atomic E-state index is 0.0835. The fraction of sp³-hybridized carbons (Fsp3) is 0.320. The van der Waals surface area contributed by atoms with Crippen LogP contribution in [0.1, 0.15) is 23.5 Å². The zero-order valence-corrected chi connectivity index (χ0v) is 19.1. The van der Waals surface area contributed by atoms with Crippen LogP contribution in [0.3, 0.4) is 0 Å². The van der Waals surface area contributed by atoms with Crippen molar-refractivity contribution in [1.82, 2.24) is 9.97 Å². The van der Waals surface area contributed by atoms with Crippen LogP contribution in [-0.2, 0) is 21.6 Å². The lowest BCUT2D eigenvalue weighted by Gasteiger charge is -2.21. The molecule has 9 heteroatoms. The lowest BCUT2D eigenvalue weighted by molar-refractivity contribution is -0.117. The summed E-state index contributed by atoms with van der Waals surface area (Å²) in [5.41, 5.74) is 1.07. The van der Waals surface area contributed by atoms with Gasteiger partial charge in [0, 0.05) is 18.2 Å². The molecule has 1 aliphatic carbocycles. The van der Waals surface area contributed by atoms with E-state index in [1.807, 2.05) is 0 Å². The molecule has 34 heavy (non-hydrogen) atoms. The first-order valence-electron chi connectivity index (χ1n) is 10.7. The van der Waals surface area contributed by atoms with E-state index in [-0.39, 0.29) is 24.9 Å². The molecule has 4 rings (SSSR count). The number of nitrogens with zero attached hydrogens (tertiary/aromatic N) is 2. The smallest absolute Gasteiger partial charge is 0.228 e. The molecule has 1 aromatic heterocycles. The van der Waals surface area contributed by atoms with Gasteiger partial charge < -0.3 is 19.5 Å². The Balaban J connectivity index is 1.61. The number of benzene rings is 2. The second-order valence-electron chi connectivity index (χ2n) is 8.21. The number of anilines is 1. The summed E-state index contributed by atoms with van der Waals surface area (Å²) < 4.78 is 43.8. The highest BCUT2D eigenvalue weighted by Gasteiger charge is 2.60. The van der Waals surface area contributed by atoms with Gasteiger partial charge in [0.25, 0.3) is 0 Å². The van der Waals surface area contributed by atoms with Crippen molar-refractivity contribution in [1.29, 1.82) is 0 Å². The highest BCUT2D eigenvalue weighted by molar-refractivity contribution is 5.96. The highest BCUT2D eigenvalue weighted by atomic mass is 19.1. The van der Waals surface area contributed by atoms with Crippen LogP contribution in [0, 0.1) is 24.5 Å². The van der Waals surface area contributed by atoms with Gasteiger partial charge in [0.15, 0.2) is 17.3 Å². The maximum atomic E-state index is 14.1. The molecule has 7 nitrogen and oxygen atoms in total. The lowest BCUT2D eigenvalue weighted by atomic mass is 9.93. The van der Waals surface area contributed by atoms with Gasteiger partial charge >= 0.3 is 0 Å². The van der Waals surface area contributed by atoms with Crippen LogP contribution in [0.15, 0.2) is 48.7 Å². The number of carbonyl (C=O) groups is 1. The van der Waals surface area contributed by atoms with Gasteiger partial charge in [0.2, 0.25) is 5.91 Å². The van der Waals surface area contributed by atoms with E-state index in [4.69, 9.17) is 14.2 Å². The average Bonchev–Trinajstić information content (AvgIpc) is 3.56. The molecule has 1 aliphatic rings. The second kappa shape index (κ2) is 9.72. The molecule has 178 valence electrons. The highest BCUT2D eigenvalue weighted by Crippen LogP contribution is 2.55. The van der Waals surface area contributed by atoms with Crippen LogP contribution in [0.2, 0.25) is 0 Å². The Labute approximate surface area is 196 Å². The molecule has 2 aromatic carbocycles. The van der Waals surface area contributed by atoms with Gasteiger partial charge in [0.05, 0.1) is 32.4 Å². The van der Waals surface area contributed by atoms with Crippen molar-refractivity contribution >= 4 is 11.6 Å². The molecule has 3 aromatic rings. The average molecular weight is 469 g/mol. The van der Waals surface area contributed by atoms with Crippen molar-refractivity contribution < 1.29 is 27.8 Å². The van der Waals surface area contributed by atoms with E-state index in [1.54, 1.807) is 32.4 Å². The molecular weight excluding hydrogens is 444 g/mol. The molecular formula is C25H25F2N3O4. The monoisotopic (exact) mass is 469 g/mol. The Bertz CT molecular complexity index is 1190. The van der Waals surface area contributed by atoms with Gasteiger partial charge in [-0.25, -0.2) is 18.7 Å². The number of hydrogen-bond donors (Lipinski definition) is 1.